The number of hydrogen-bond donors (Lipinski definition) is 1. The van der Waals surface area contributed by atoms with E-state index in [-0.39, 0.29) is 6.61 Å². The first kappa shape index (κ1) is 15.3. The van der Waals surface area contributed by atoms with Crippen LogP contribution in [0.15, 0.2) is 49.1 Å². The van der Waals surface area contributed by atoms with Crippen molar-refractivity contribution >= 4 is 7.75 Å². The van der Waals surface area contributed by atoms with E-state index in [1.165, 1.54) is 0 Å². The van der Waals surface area contributed by atoms with Gasteiger partial charge in [0.15, 0.2) is 6.29 Å². The molecule has 116 valence electrons. The van der Waals surface area contributed by atoms with Gasteiger partial charge >= 0.3 is 7.75 Å². The van der Waals surface area contributed by atoms with Crippen LogP contribution in [0.3, 0.4) is 0 Å². The summed E-state index contributed by atoms with van der Waals surface area (Å²) in [6, 6.07) is 7.15. The first-order valence-electron chi connectivity index (χ1n) is 6.86. The maximum Gasteiger partial charge on any atom is 0.410 e. The highest BCUT2D eigenvalue weighted by molar-refractivity contribution is 7.51. The van der Waals surface area contributed by atoms with Crippen LogP contribution in [-0.2, 0) is 18.3 Å². The summed E-state index contributed by atoms with van der Waals surface area (Å²) in [5.74, 6) is 0. The third-order valence-corrected chi connectivity index (χ3v) is 4.63. The summed E-state index contributed by atoms with van der Waals surface area (Å²) in [4.78, 5) is 8.08. The van der Waals surface area contributed by atoms with E-state index in [0.717, 1.165) is 5.56 Å². The Morgan fingerprint density at radius 3 is 2.50 bits per heavy atom. The Bertz CT molecular complexity index is 604. The number of rotatable bonds is 4. The third kappa shape index (κ3) is 3.40. The Kier molecular flexibility index (Phi) is 4.61. The molecule has 1 aliphatic rings. The van der Waals surface area contributed by atoms with Crippen LogP contribution >= 0.6 is 7.75 Å². The third-order valence-electron chi connectivity index (χ3n) is 3.01. The first-order valence-corrected chi connectivity index (χ1v) is 8.40. The fraction of sp³-hybridized carbons (Fsp3) is 0.286. The minimum Gasteiger partial charge on any atom is -0.325 e. The highest BCUT2D eigenvalue weighted by atomic mass is 31.2. The van der Waals surface area contributed by atoms with Crippen molar-refractivity contribution in [2.24, 2.45) is 0 Å². The van der Waals surface area contributed by atoms with Gasteiger partial charge in [-0.05, 0) is 19.1 Å². The van der Waals surface area contributed by atoms with Gasteiger partial charge in [0.25, 0.3) is 0 Å². The van der Waals surface area contributed by atoms with Crippen molar-refractivity contribution in [2.45, 2.75) is 19.4 Å². The van der Waals surface area contributed by atoms with Gasteiger partial charge in [0.1, 0.15) is 6.23 Å². The topological polar surface area (TPSA) is 82.6 Å². The minimum atomic E-state index is -3.49. The molecule has 1 fully saturated rings. The average molecular weight is 321 g/mol. The van der Waals surface area contributed by atoms with E-state index < -0.39 is 20.3 Å². The molecule has 2 aromatic rings. The predicted molar refractivity (Wildman–Crippen MR) is 78.5 cm³/mol. The molecule has 0 radical (unpaired) electrons. The molecule has 3 rings (SSSR count). The van der Waals surface area contributed by atoms with Crippen LogP contribution in [0, 0.1) is 0 Å². The van der Waals surface area contributed by atoms with Crippen molar-refractivity contribution in [3.8, 4) is 0 Å². The standard InChI is InChI=1S/C14H16N3O4P/c1-2-19-22(18)17-13(11-5-3-7-15-9-11)20-14(21-22)12-6-4-8-16-10-12/h3-10,13-14H,2H2,1H3,(H,17,18). The molecule has 0 bridgehead atoms. The fourth-order valence-corrected chi connectivity index (χ4v) is 3.51. The minimum absolute atomic E-state index is 0.254. The van der Waals surface area contributed by atoms with Crippen LogP contribution in [0.4, 0.5) is 0 Å². The Labute approximate surface area is 128 Å². The van der Waals surface area contributed by atoms with Crippen LogP contribution in [-0.4, -0.2) is 16.6 Å². The van der Waals surface area contributed by atoms with E-state index in [2.05, 4.69) is 15.1 Å². The molecular formula is C14H16N3O4P. The number of aromatic nitrogens is 2. The van der Waals surface area contributed by atoms with Crippen LogP contribution in [0.25, 0.3) is 0 Å². The van der Waals surface area contributed by atoms with Gasteiger partial charge in [-0.15, -0.1) is 0 Å². The van der Waals surface area contributed by atoms with Crippen LogP contribution < -0.4 is 5.09 Å². The molecule has 8 heteroatoms. The lowest BCUT2D eigenvalue weighted by Crippen LogP contribution is -2.32. The number of nitrogens with zero attached hydrogens (tertiary/aromatic N) is 2. The molecule has 1 aliphatic heterocycles. The second kappa shape index (κ2) is 6.64. The van der Waals surface area contributed by atoms with E-state index >= 15 is 0 Å². The van der Waals surface area contributed by atoms with Crippen molar-refractivity contribution in [3.05, 3.63) is 60.2 Å². The van der Waals surface area contributed by atoms with Crippen LogP contribution in [0.1, 0.15) is 30.6 Å². The van der Waals surface area contributed by atoms with Crippen molar-refractivity contribution in [1.82, 2.24) is 15.1 Å². The lowest BCUT2D eigenvalue weighted by Gasteiger charge is -2.35. The summed E-state index contributed by atoms with van der Waals surface area (Å²) in [5.41, 5.74) is 1.40. The zero-order chi connectivity index (χ0) is 15.4. The smallest absolute Gasteiger partial charge is 0.325 e. The monoisotopic (exact) mass is 321 g/mol. The molecule has 1 N–H and O–H groups in total. The molecule has 0 saturated carbocycles. The summed E-state index contributed by atoms with van der Waals surface area (Å²) in [7, 11) is -3.49. The molecular weight excluding hydrogens is 305 g/mol. The summed E-state index contributed by atoms with van der Waals surface area (Å²) >= 11 is 0. The molecule has 0 spiro atoms. The maximum absolute atomic E-state index is 12.7. The van der Waals surface area contributed by atoms with Gasteiger partial charge in [-0.25, -0.2) is 4.57 Å². The molecule has 7 nitrogen and oxygen atoms in total. The number of pyridine rings is 2. The Balaban J connectivity index is 1.90. The zero-order valence-corrected chi connectivity index (χ0v) is 12.8. The number of hydrogen-bond acceptors (Lipinski definition) is 6. The number of ether oxygens (including phenoxy) is 1. The Morgan fingerprint density at radius 2 is 1.91 bits per heavy atom. The highest BCUT2D eigenvalue weighted by Crippen LogP contribution is 2.54. The largest absolute Gasteiger partial charge is 0.410 e. The zero-order valence-electron chi connectivity index (χ0n) is 12.0. The molecule has 3 unspecified atom stereocenters. The van der Waals surface area contributed by atoms with E-state index in [4.69, 9.17) is 13.8 Å². The summed E-state index contributed by atoms with van der Waals surface area (Å²) in [6.45, 7) is 2.00. The lowest BCUT2D eigenvalue weighted by molar-refractivity contribution is -0.160. The van der Waals surface area contributed by atoms with Gasteiger partial charge in [-0.2, -0.15) is 5.09 Å². The summed E-state index contributed by atoms with van der Waals surface area (Å²) in [6.07, 6.45) is 5.06. The van der Waals surface area contributed by atoms with Crippen molar-refractivity contribution in [1.29, 1.82) is 0 Å². The molecule has 0 aromatic carbocycles. The van der Waals surface area contributed by atoms with Crippen molar-refractivity contribution in [3.63, 3.8) is 0 Å². The normalized spacial score (nSPS) is 28.4. The number of nitrogens with one attached hydrogen (secondary N) is 1. The van der Waals surface area contributed by atoms with Gasteiger partial charge in [0, 0.05) is 35.9 Å². The summed E-state index contributed by atoms with van der Waals surface area (Å²) in [5, 5.41) is 2.78. The molecule has 0 amide bonds. The maximum atomic E-state index is 12.7. The van der Waals surface area contributed by atoms with Crippen LogP contribution in [0.5, 0.6) is 0 Å². The molecule has 2 aromatic heterocycles. The van der Waals surface area contributed by atoms with E-state index in [0.29, 0.717) is 5.56 Å². The van der Waals surface area contributed by atoms with Gasteiger partial charge in [-0.1, -0.05) is 12.1 Å². The van der Waals surface area contributed by atoms with Gasteiger partial charge < -0.3 is 4.74 Å². The average Bonchev–Trinajstić information content (AvgIpc) is 2.56. The fourth-order valence-electron chi connectivity index (χ4n) is 2.06. The molecule has 1 saturated heterocycles. The SMILES string of the molecule is CCOP1(=O)NC(c2cccnc2)OC(c2cccnc2)O1. The first-order chi connectivity index (χ1) is 10.7. The Hall–Kier alpha value is -1.63. The summed E-state index contributed by atoms with van der Waals surface area (Å²) < 4.78 is 29.3. The molecule has 3 atom stereocenters. The Morgan fingerprint density at radius 1 is 1.23 bits per heavy atom. The van der Waals surface area contributed by atoms with Gasteiger partial charge in [0.05, 0.1) is 6.61 Å². The molecule has 3 heterocycles. The van der Waals surface area contributed by atoms with E-state index in [1.54, 1.807) is 49.9 Å². The molecule has 22 heavy (non-hydrogen) atoms. The van der Waals surface area contributed by atoms with Crippen molar-refractivity contribution < 1.29 is 18.3 Å². The second-order valence-electron chi connectivity index (χ2n) is 4.57. The van der Waals surface area contributed by atoms with E-state index in [9.17, 15) is 4.57 Å². The van der Waals surface area contributed by atoms with Crippen LogP contribution in [0.2, 0.25) is 0 Å². The van der Waals surface area contributed by atoms with Crippen molar-refractivity contribution in [2.75, 3.05) is 6.61 Å². The predicted octanol–water partition coefficient (Wildman–Crippen LogP) is 2.96. The molecule has 0 aliphatic carbocycles. The second-order valence-corrected chi connectivity index (χ2v) is 6.29. The highest BCUT2D eigenvalue weighted by Gasteiger charge is 2.40. The lowest BCUT2D eigenvalue weighted by atomic mass is 10.2. The quantitative estimate of drug-likeness (QED) is 0.867. The van der Waals surface area contributed by atoms with Gasteiger partial charge in [0.2, 0.25) is 0 Å². The van der Waals surface area contributed by atoms with Gasteiger partial charge in [-0.3, -0.25) is 19.0 Å². The van der Waals surface area contributed by atoms with E-state index in [1.807, 2.05) is 6.07 Å².